The lowest BCUT2D eigenvalue weighted by Crippen LogP contribution is -2.32. The highest BCUT2D eigenvalue weighted by atomic mass is 32.2. The average Bonchev–Trinajstić information content (AvgIpc) is 3.16. The molecule has 1 aliphatic heterocycles. The van der Waals surface area contributed by atoms with Crippen LogP contribution >= 0.6 is 11.8 Å². The predicted molar refractivity (Wildman–Crippen MR) is 84.1 cm³/mol. The largest absolute Gasteiger partial charge is 0.472 e. The van der Waals surface area contributed by atoms with Crippen LogP contribution in [0.15, 0.2) is 23.5 Å². The summed E-state index contributed by atoms with van der Waals surface area (Å²) in [5, 5.41) is 11.8. The standard InChI is InChI=1S/C14H18N6O2S/c1-10-3-4-12(15-7-10)22-11-5-6-20(8-11)13(21)9-23-14-16-17-18-19(14)2/h3-4,7,11H,5-6,8-9H2,1-2H3. The normalized spacial score (nSPS) is 17.5. The van der Waals surface area contributed by atoms with Crippen LogP contribution in [0.3, 0.4) is 0 Å². The van der Waals surface area contributed by atoms with E-state index in [1.165, 1.54) is 11.8 Å². The number of aryl methyl sites for hydroxylation is 2. The van der Waals surface area contributed by atoms with Crippen LogP contribution in [0.1, 0.15) is 12.0 Å². The molecule has 3 rings (SSSR count). The van der Waals surface area contributed by atoms with E-state index in [0.717, 1.165) is 12.0 Å². The molecular weight excluding hydrogens is 316 g/mol. The number of rotatable bonds is 5. The Balaban J connectivity index is 1.48. The van der Waals surface area contributed by atoms with Gasteiger partial charge in [0.15, 0.2) is 0 Å². The van der Waals surface area contributed by atoms with E-state index in [2.05, 4.69) is 20.5 Å². The number of thioether (sulfide) groups is 1. The van der Waals surface area contributed by atoms with Gasteiger partial charge in [-0.25, -0.2) is 9.67 Å². The minimum absolute atomic E-state index is 0.00403. The fourth-order valence-electron chi connectivity index (χ4n) is 2.31. The first-order valence-electron chi connectivity index (χ1n) is 7.34. The maximum absolute atomic E-state index is 12.3. The molecule has 0 spiro atoms. The molecular formula is C14H18N6O2S. The molecule has 1 saturated heterocycles. The SMILES string of the molecule is Cc1ccc(OC2CCN(C(=O)CSc3nnnn3C)C2)nc1. The second-order valence-electron chi connectivity index (χ2n) is 5.42. The third-order valence-electron chi connectivity index (χ3n) is 3.58. The maximum atomic E-state index is 12.3. The Labute approximate surface area is 138 Å². The number of hydrogen-bond donors (Lipinski definition) is 0. The summed E-state index contributed by atoms with van der Waals surface area (Å²) in [6.07, 6.45) is 2.59. The summed E-state index contributed by atoms with van der Waals surface area (Å²) >= 11 is 1.34. The molecule has 0 bridgehead atoms. The number of pyridine rings is 1. The van der Waals surface area contributed by atoms with E-state index in [9.17, 15) is 4.79 Å². The molecule has 3 heterocycles. The topological polar surface area (TPSA) is 86.0 Å². The second-order valence-corrected chi connectivity index (χ2v) is 6.36. The van der Waals surface area contributed by atoms with Crippen molar-refractivity contribution >= 4 is 17.7 Å². The minimum Gasteiger partial charge on any atom is -0.472 e. The summed E-state index contributed by atoms with van der Waals surface area (Å²) in [5.41, 5.74) is 1.09. The highest BCUT2D eigenvalue weighted by Gasteiger charge is 2.28. The molecule has 8 nitrogen and oxygen atoms in total. The van der Waals surface area contributed by atoms with Crippen LogP contribution in [0, 0.1) is 6.92 Å². The summed E-state index contributed by atoms with van der Waals surface area (Å²) in [7, 11) is 1.75. The number of amides is 1. The van der Waals surface area contributed by atoms with E-state index in [0.29, 0.717) is 29.9 Å². The Morgan fingerprint density at radius 2 is 2.35 bits per heavy atom. The van der Waals surface area contributed by atoms with Crippen molar-refractivity contribution in [1.29, 1.82) is 0 Å². The van der Waals surface area contributed by atoms with E-state index in [4.69, 9.17) is 4.74 Å². The zero-order valence-corrected chi connectivity index (χ0v) is 13.9. The van der Waals surface area contributed by atoms with Crippen LogP contribution in [-0.4, -0.2) is 60.9 Å². The Hall–Kier alpha value is -2.16. The molecule has 0 N–H and O–H groups in total. The van der Waals surface area contributed by atoms with Gasteiger partial charge in [-0.1, -0.05) is 17.8 Å². The molecule has 0 aromatic carbocycles. The maximum Gasteiger partial charge on any atom is 0.233 e. The number of carbonyl (C=O) groups is 1. The Bertz CT molecular complexity index is 674. The van der Waals surface area contributed by atoms with Crippen molar-refractivity contribution in [3.63, 3.8) is 0 Å². The molecule has 1 fully saturated rings. The molecule has 1 aliphatic rings. The van der Waals surface area contributed by atoms with E-state index < -0.39 is 0 Å². The predicted octanol–water partition coefficient (Wildman–Crippen LogP) is 0.686. The summed E-state index contributed by atoms with van der Waals surface area (Å²) in [6.45, 7) is 3.27. The van der Waals surface area contributed by atoms with Crippen molar-refractivity contribution in [2.75, 3.05) is 18.8 Å². The third-order valence-corrected chi connectivity index (χ3v) is 4.57. The lowest BCUT2D eigenvalue weighted by atomic mass is 10.3. The Kier molecular flexibility index (Phi) is 4.75. The first kappa shape index (κ1) is 15.7. The highest BCUT2D eigenvalue weighted by Crippen LogP contribution is 2.19. The number of ether oxygens (including phenoxy) is 1. The van der Waals surface area contributed by atoms with Gasteiger partial charge in [-0.2, -0.15) is 0 Å². The van der Waals surface area contributed by atoms with Crippen LogP contribution in [0.5, 0.6) is 5.88 Å². The van der Waals surface area contributed by atoms with Gasteiger partial charge in [-0.15, -0.1) is 5.10 Å². The zero-order valence-electron chi connectivity index (χ0n) is 13.0. The summed E-state index contributed by atoms with van der Waals surface area (Å²) < 4.78 is 7.38. The van der Waals surface area contributed by atoms with Gasteiger partial charge in [0, 0.05) is 32.3 Å². The van der Waals surface area contributed by atoms with Crippen LogP contribution in [-0.2, 0) is 11.8 Å². The van der Waals surface area contributed by atoms with Gasteiger partial charge in [-0.3, -0.25) is 4.79 Å². The van der Waals surface area contributed by atoms with Crippen molar-refractivity contribution in [1.82, 2.24) is 30.1 Å². The second kappa shape index (κ2) is 6.95. The number of likely N-dealkylation sites (tertiary alicyclic amines) is 1. The van der Waals surface area contributed by atoms with Crippen molar-refractivity contribution in [3.05, 3.63) is 23.9 Å². The van der Waals surface area contributed by atoms with Gasteiger partial charge in [0.2, 0.25) is 16.9 Å². The Morgan fingerprint density at radius 3 is 3.04 bits per heavy atom. The van der Waals surface area contributed by atoms with Gasteiger partial charge in [0.05, 0.1) is 12.3 Å². The molecule has 0 saturated carbocycles. The highest BCUT2D eigenvalue weighted by molar-refractivity contribution is 7.99. The Morgan fingerprint density at radius 1 is 1.48 bits per heavy atom. The lowest BCUT2D eigenvalue weighted by molar-refractivity contribution is -0.127. The summed E-state index contributed by atoms with van der Waals surface area (Å²) in [6, 6.07) is 3.82. The molecule has 2 aromatic rings. The molecule has 0 aliphatic carbocycles. The monoisotopic (exact) mass is 334 g/mol. The number of carbonyl (C=O) groups excluding carboxylic acids is 1. The number of hydrogen-bond acceptors (Lipinski definition) is 7. The van der Waals surface area contributed by atoms with Crippen LogP contribution < -0.4 is 4.74 Å². The van der Waals surface area contributed by atoms with E-state index in [1.807, 2.05) is 24.0 Å². The molecule has 0 radical (unpaired) electrons. The minimum atomic E-state index is -0.00403. The van der Waals surface area contributed by atoms with Crippen LogP contribution in [0.25, 0.3) is 0 Å². The fraction of sp³-hybridized carbons (Fsp3) is 0.500. The quantitative estimate of drug-likeness (QED) is 0.743. The molecule has 23 heavy (non-hydrogen) atoms. The molecule has 1 atom stereocenters. The molecule has 1 unspecified atom stereocenters. The van der Waals surface area contributed by atoms with Crippen molar-refractivity contribution in [2.45, 2.75) is 24.6 Å². The van der Waals surface area contributed by atoms with Crippen molar-refractivity contribution < 1.29 is 9.53 Å². The van der Waals surface area contributed by atoms with Crippen LogP contribution in [0.2, 0.25) is 0 Å². The smallest absolute Gasteiger partial charge is 0.233 e. The molecule has 1 amide bonds. The van der Waals surface area contributed by atoms with Crippen LogP contribution in [0.4, 0.5) is 0 Å². The number of aromatic nitrogens is 5. The molecule has 9 heteroatoms. The van der Waals surface area contributed by atoms with Gasteiger partial charge >= 0.3 is 0 Å². The number of tetrazole rings is 1. The first-order valence-corrected chi connectivity index (χ1v) is 8.32. The molecule has 2 aromatic heterocycles. The van der Waals surface area contributed by atoms with Gasteiger partial charge in [0.25, 0.3) is 0 Å². The van der Waals surface area contributed by atoms with E-state index >= 15 is 0 Å². The third kappa shape index (κ3) is 3.98. The first-order chi connectivity index (χ1) is 11.1. The van der Waals surface area contributed by atoms with Gasteiger partial charge in [-0.05, 0) is 22.9 Å². The van der Waals surface area contributed by atoms with E-state index in [-0.39, 0.29) is 12.0 Å². The van der Waals surface area contributed by atoms with E-state index in [1.54, 1.807) is 17.9 Å². The van der Waals surface area contributed by atoms with Gasteiger partial charge in [0.1, 0.15) is 6.10 Å². The zero-order chi connectivity index (χ0) is 16.2. The lowest BCUT2D eigenvalue weighted by Gasteiger charge is -2.16. The summed E-state index contributed by atoms with van der Waals surface area (Å²) in [5.74, 6) is 0.999. The number of nitrogens with zero attached hydrogens (tertiary/aromatic N) is 6. The molecule has 122 valence electrons. The van der Waals surface area contributed by atoms with Crippen molar-refractivity contribution in [2.24, 2.45) is 7.05 Å². The van der Waals surface area contributed by atoms with Crippen molar-refractivity contribution in [3.8, 4) is 5.88 Å². The summed E-state index contributed by atoms with van der Waals surface area (Å²) in [4.78, 5) is 18.3. The average molecular weight is 334 g/mol. The fourth-order valence-corrected chi connectivity index (χ4v) is 3.06. The van der Waals surface area contributed by atoms with Gasteiger partial charge < -0.3 is 9.64 Å².